The van der Waals surface area contributed by atoms with E-state index in [0.717, 1.165) is 12.5 Å². The summed E-state index contributed by atoms with van der Waals surface area (Å²) in [5.74, 6) is 0.980. The van der Waals surface area contributed by atoms with E-state index in [-0.39, 0.29) is 5.92 Å². The summed E-state index contributed by atoms with van der Waals surface area (Å²) in [6.45, 7) is 5.64. The van der Waals surface area contributed by atoms with E-state index >= 15 is 0 Å². The number of rotatable bonds is 4. The van der Waals surface area contributed by atoms with Crippen LogP contribution in [0, 0.1) is 5.92 Å². The first kappa shape index (κ1) is 13.5. The average molecular weight is 262 g/mol. The standard InChI is InChI=1S/C15H22N2S/c1-12-6-5-9-17(10-12)11-14(15(16)18)13-7-3-2-4-8-13/h2-4,7-8,12,14H,5-6,9-11H2,1H3,(H2,16,18). The van der Waals surface area contributed by atoms with Crippen LogP contribution in [0.5, 0.6) is 0 Å². The first-order valence-corrected chi connectivity index (χ1v) is 7.14. The third-order valence-corrected chi connectivity index (χ3v) is 4.01. The van der Waals surface area contributed by atoms with Crippen LogP contribution in [0.3, 0.4) is 0 Å². The van der Waals surface area contributed by atoms with Crippen LogP contribution in [0.1, 0.15) is 31.2 Å². The Balaban J connectivity index is 2.05. The van der Waals surface area contributed by atoms with Gasteiger partial charge in [0, 0.05) is 19.0 Å². The minimum absolute atomic E-state index is 0.187. The molecule has 1 aromatic carbocycles. The number of hydrogen-bond donors (Lipinski definition) is 1. The third kappa shape index (κ3) is 3.53. The van der Waals surface area contributed by atoms with E-state index in [0.29, 0.717) is 4.99 Å². The summed E-state index contributed by atoms with van der Waals surface area (Å²) in [6, 6.07) is 10.4. The molecule has 0 bridgehead atoms. The topological polar surface area (TPSA) is 29.3 Å². The quantitative estimate of drug-likeness (QED) is 0.846. The molecule has 0 aromatic heterocycles. The maximum absolute atomic E-state index is 5.93. The lowest BCUT2D eigenvalue weighted by molar-refractivity contribution is 0.182. The molecule has 2 N–H and O–H groups in total. The van der Waals surface area contributed by atoms with E-state index in [1.165, 1.54) is 31.5 Å². The molecule has 1 aliphatic rings. The smallest absolute Gasteiger partial charge is 0.0816 e. The SMILES string of the molecule is CC1CCCN(CC(C(N)=S)c2ccccc2)C1. The first-order valence-electron chi connectivity index (χ1n) is 6.73. The summed E-state index contributed by atoms with van der Waals surface area (Å²) in [5, 5.41) is 0. The van der Waals surface area contributed by atoms with E-state index in [1.54, 1.807) is 0 Å². The Hall–Kier alpha value is -0.930. The summed E-state index contributed by atoms with van der Waals surface area (Å²) in [7, 11) is 0. The molecule has 1 aromatic rings. The minimum atomic E-state index is 0.187. The highest BCUT2D eigenvalue weighted by atomic mass is 32.1. The molecular weight excluding hydrogens is 240 g/mol. The van der Waals surface area contributed by atoms with Gasteiger partial charge >= 0.3 is 0 Å². The predicted octanol–water partition coefficient (Wildman–Crippen LogP) is 2.79. The zero-order valence-electron chi connectivity index (χ0n) is 11.0. The van der Waals surface area contributed by atoms with Crippen molar-refractivity contribution in [3.8, 4) is 0 Å². The Morgan fingerprint density at radius 3 is 2.78 bits per heavy atom. The van der Waals surface area contributed by atoms with Crippen molar-refractivity contribution in [3.05, 3.63) is 35.9 Å². The van der Waals surface area contributed by atoms with Gasteiger partial charge in [0.2, 0.25) is 0 Å². The Kier molecular flexibility index (Phi) is 4.72. The van der Waals surface area contributed by atoms with Crippen LogP contribution in [0.2, 0.25) is 0 Å². The highest BCUT2D eigenvalue weighted by Crippen LogP contribution is 2.22. The fraction of sp³-hybridized carbons (Fsp3) is 0.533. The Bertz CT molecular complexity index is 391. The van der Waals surface area contributed by atoms with Crippen LogP contribution < -0.4 is 5.73 Å². The number of benzene rings is 1. The summed E-state index contributed by atoms with van der Waals surface area (Å²) < 4.78 is 0. The molecule has 0 spiro atoms. The Morgan fingerprint density at radius 2 is 2.17 bits per heavy atom. The lowest BCUT2D eigenvalue weighted by Gasteiger charge is -2.33. The molecule has 2 rings (SSSR count). The van der Waals surface area contributed by atoms with E-state index in [9.17, 15) is 0 Å². The molecule has 0 saturated carbocycles. The molecule has 0 radical (unpaired) electrons. The summed E-state index contributed by atoms with van der Waals surface area (Å²) in [4.78, 5) is 3.12. The van der Waals surface area contributed by atoms with E-state index < -0.39 is 0 Å². The van der Waals surface area contributed by atoms with Gasteiger partial charge in [0.25, 0.3) is 0 Å². The molecule has 98 valence electrons. The lowest BCUT2D eigenvalue weighted by atomic mass is 9.95. The van der Waals surface area contributed by atoms with Gasteiger partial charge in [0.1, 0.15) is 0 Å². The molecule has 1 saturated heterocycles. The van der Waals surface area contributed by atoms with Gasteiger partial charge in [-0.1, -0.05) is 49.5 Å². The monoisotopic (exact) mass is 262 g/mol. The summed E-state index contributed by atoms with van der Waals surface area (Å²) in [6.07, 6.45) is 2.64. The van der Waals surface area contributed by atoms with Crippen LogP contribution in [-0.4, -0.2) is 29.5 Å². The molecule has 1 heterocycles. The number of thiocarbonyl (C=S) groups is 1. The normalized spacial score (nSPS) is 22.6. The second-order valence-electron chi connectivity index (χ2n) is 5.37. The van der Waals surface area contributed by atoms with Crippen LogP contribution in [0.15, 0.2) is 30.3 Å². The van der Waals surface area contributed by atoms with Gasteiger partial charge in [-0.15, -0.1) is 0 Å². The second kappa shape index (κ2) is 6.30. The molecule has 0 aliphatic carbocycles. The summed E-state index contributed by atoms with van der Waals surface area (Å²) >= 11 is 5.25. The maximum Gasteiger partial charge on any atom is 0.0816 e. The molecule has 2 atom stereocenters. The van der Waals surface area contributed by atoms with Crippen molar-refractivity contribution in [2.24, 2.45) is 11.7 Å². The van der Waals surface area contributed by atoms with Gasteiger partial charge in [0.15, 0.2) is 0 Å². The lowest BCUT2D eigenvalue weighted by Crippen LogP contribution is -2.39. The van der Waals surface area contributed by atoms with E-state index in [4.69, 9.17) is 18.0 Å². The molecule has 18 heavy (non-hydrogen) atoms. The van der Waals surface area contributed by atoms with Crippen LogP contribution in [-0.2, 0) is 0 Å². The second-order valence-corrected chi connectivity index (χ2v) is 5.84. The van der Waals surface area contributed by atoms with Crippen LogP contribution in [0.4, 0.5) is 0 Å². The third-order valence-electron chi connectivity index (χ3n) is 3.73. The van der Waals surface area contributed by atoms with Crippen molar-refractivity contribution in [1.82, 2.24) is 4.90 Å². The van der Waals surface area contributed by atoms with Crippen molar-refractivity contribution in [1.29, 1.82) is 0 Å². The van der Waals surface area contributed by atoms with Crippen molar-refractivity contribution in [2.45, 2.75) is 25.7 Å². The van der Waals surface area contributed by atoms with Gasteiger partial charge in [-0.05, 0) is 30.9 Å². The number of nitrogens with zero attached hydrogens (tertiary/aromatic N) is 1. The maximum atomic E-state index is 5.93. The number of hydrogen-bond acceptors (Lipinski definition) is 2. The first-order chi connectivity index (χ1) is 8.66. The van der Waals surface area contributed by atoms with Crippen molar-refractivity contribution >= 4 is 17.2 Å². The Labute approximate surface area is 115 Å². The van der Waals surface area contributed by atoms with Gasteiger partial charge in [-0.25, -0.2) is 0 Å². The molecule has 2 nitrogen and oxygen atoms in total. The highest BCUT2D eigenvalue weighted by molar-refractivity contribution is 7.80. The fourth-order valence-electron chi connectivity index (χ4n) is 2.76. The summed E-state index contributed by atoms with van der Waals surface area (Å²) in [5.41, 5.74) is 7.16. The van der Waals surface area contributed by atoms with Gasteiger partial charge < -0.3 is 10.6 Å². The molecule has 0 amide bonds. The van der Waals surface area contributed by atoms with E-state index in [1.807, 2.05) is 6.07 Å². The van der Waals surface area contributed by atoms with Crippen molar-refractivity contribution in [3.63, 3.8) is 0 Å². The number of likely N-dealkylation sites (tertiary alicyclic amines) is 1. The highest BCUT2D eigenvalue weighted by Gasteiger charge is 2.22. The molecule has 1 fully saturated rings. The van der Waals surface area contributed by atoms with Crippen molar-refractivity contribution in [2.75, 3.05) is 19.6 Å². The zero-order valence-corrected chi connectivity index (χ0v) is 11.8. The van der Waals surface area contributed by atoms with Crippen LogP contribution in [0.25, 0.3) is 0 Å². The molecule has 3 heteroatoms. The minimum Gasteiger partial charge on any atom is -0.393 e. The number of piperidine rings is 1. The van der Waals surface area contributed by atoms with Gasteiger partial charge in [0.05, 0.1) is 4.99 Å². The fourth-order valence-corrected chi connectivity index (χ4v) is 2.97. The predicted molar refractivity (Wildman–Crippen MR) is 80.8 cm³/mol. The van der Waals surface area contributed by atoms with Gasteiger partial charge in [-0.2, -0.15) is 0 Å². The van der Waals surface area contributed by atoms with E-state index in [2.05, 4.69) is 36.1 Å². The zero-order chi connectivity index (χ0) is 13.0. The average Bonchev–Trinajstić information content (AvgIpc) is 2.37. The molecular formula is C15H22N2S. The van der Waals surface area contributed by atoms with Gasteiger partial charge in [-0.3, -0.25) is 0 Å². The van der Waals surface area contributed by atoms with Crippen LogP contribution >= 0.6 is 12.2 Å². The molecule has 1 aliphatic heterocycles. The number of nitrogens with two attached hydrogens (primary N) is 1. The molecule has 2 unspecified atom stereocenters. The van der Waals surface area contributed by atoms with Crippen molar-refractivity contribution < 1.29 is 0 Å². The largest absolute Gasteiger partial charge is 0.393 e. The Morgan fingerprint density at radius 1 is 1.44 bits per heavy atom.